The molecule has 5 heterocycles. The molecule has 1 saturated carbocycles. The summed E-state index contributed by atoms with van der Waals surface area (Å²) in [5.74, 6) is 1.65. The maximum Gasteiger partial charge on any atom is 0.225 e. The third-order valence-electron chi connectivity index (χ3n) is 6.38. The van der Waals surface area contributed by atoms with Crippen LogP contribution in [0.3, 0.4) is 0 Å². The van der Waals surface area contributed by atoms with Crippen molar-refractivity contribution in [2.24, 2.45) is 5.92 Å². The Morgan fingerprint density at radius 3 is 2.62 bits per heavy atom. The molecule has 0 spiro atoms. The number of ether oxygens (including phenoxy) is 1. The van der Waals surface area contributed by atoms with Crippen molar-refractivity contribution in [3.63, 3.8) is 0 Å². The van der Waals surface area contributed by atoms with Crippen LogP contribution in [0.15, 0.2) is 29.0 Å². The van der Waals surface area contributed by atoms with Crippen molar-refractivity contribution >= 4 is 16.8 Å². The second-order valence-electron chi connectivity index (χ2n) is 8.40. The van der Waals surface area contributed by atoms with E-state index in [9.17, 15) is 4.79 Å². The molecule has 1 aliphatic carbocycles. The van der Waals surface area contributed by atoms with Crippen molar-refractivity contribution in [3.8, 4) is 11.5 Å². The molecule has 0 radical (unpaired) electrons. The molecule has 150 valence electrons. The summed E-state index contributed by atoms with van der Waals surface area (Å²) in [5, 5.41) is 9.82. The van der Waals surface area contributed by atoms with Crippen molar-refractivity contribution in [1.29, 1.82) is 0 Å². The predicted molar refractivity (Wildman–Crippen MR) is 104 cm³/mol. The van der Waals surface area contributed by atoms with E-state index in [0.717, 1.165) is 61.1 Å². The highest BCUT2D eigenvalue weighted by Crippen LogP contribution is 2.35. The molecular weight excluding hydrogens is 370 g/mol. The Bertz CT molecular complexity index is 1060. The molecule has 3 fully saturated rings. The fourth-order valence-corrected chi connectivity index (χ4v) is 4.32. The Kier molecular flexibility index (Phi) is 3.94. The molecule has 29 heavy (non-hydrogen) atoms. The van der Waals surface area contributed by atoms with Gasteiger partial charge in [-0.3, -0.25) is 14.5 Å². The molecule has 3 aliphatic rings. The Morgan fingerprint density at radius 2 is 1.90 bits per heavy atom. The zero-order valence-corrected chi connectivity index (χ0v) is 16.2. The second-order valence-corrected chi connectivity index (χ2v) is 8.40. The highest BCUT2D eigenvalue weighted by molar-refractivity contribution is 5.82. The zero-order valence-electron chi connectivity index (χ0n) is 16.2. The third kappa shape index (κ3) is 3.02. The van der Waals surface area contributed by atoms with E-state index in [1.807, 2.05) is 34.1 Å². The van der Waals surface area contributed by atoms with Gasteiger partial charge in [-0.15, -0.1) is 0 Å². The largest absolute Gasteiger partial charge is 0.377 e. The standard InChI is InChI=1S/C21H23N5O3/c27-21(14-1-2-14)25-5-3-13(4-6-25)17-8-20(29-24-17)18-7-19-15(9-22-18)10-23-26(19)16-11-28-12-16/h7-10,13-14,16H,1-6,11-12H2. The van der Waals surface area contributed by atoms with E-state index < -0.39 is 0 Å². The number of aromatic nitrogens is 4. The third-order valence-corrected chi connectivity index (χ3v) is 6.38. The van der Waals surface area contributed by atoms with Gasteiger partial charge in [-0.25, -0.2) is 0 Å². The minimum Gasteiger partial charge on any atom is -0.377 e. The first-order chi connectivity index (χ1) is 14.3. The van der Waals surface area contributed by atoms with E-state index in [1.54, 1.807) is 0 Å². The molecule has 0 N–H and O–H groups in total. The lowest BCUT2D eigenvalue weighted by molar-refractivity contribution is -0.133. The average molecular weight is 393 g/mol. The monoisotopic (exact) mass is 393 g/mol. The SMILES string of the molecule is O=C(C1CC1)N1CCC(c2cc(-c3cc4c(cn3)cnn4C3COC3)on2)CC1. The van der Waals surface area contributed by atoms with Crippen LogP contribution in [0.25, 0.3) is 22.4 Å². The van der Waals surface area contributed by atoms with Crippen LogP contribution in [0.2, 0.25) is 0 Å². The van der Waals surface area contributed by atoms with Gasteiger partial charge in [0.1, 0.15) is 5.69 Å². The summed E-state index contributed by atoms with van der Waals surface area (Å²) in [7, 11) is 0. The Morgan fingerprint density at radius 1 is 1.07 bits per heavy atom. The van der Waals surface area contributed by atoms with Crippen molar-refractivity contribution in [3.05, 3.63) is 30.2 Å². The molecule has 8 heteroatoms. The molecule has 2 aliphatic heterocycles. The summed E-state index contributed by atoms with van der Waals surface area (Å²) in [5.41, 5.74) is 2.76. The van der Waals surface area contributed by atoms with E-state index in [1.165, 1.54) is 0 Å². The minimum atomic E-state index is 0.288. The van der Waals surface area contributed by atoms with E-state index in [4.69, 9.17) is 9.26 Å². The lowest BCUT2D eigenvalue weighted by atomic mass is 9.93. The van der Waals surface area contributed by atoms with Crippen LogP contribution in [-0.4, -0.2) is 57.0 Å². The van der Waals surface area contributed by atoms with Crippen molar-refractivity contribution in [2.75, 3.05) is 26.3 Å². The molecule has 8 nitrogen and oxygen atoms in total. The van der Waals surface area contributed by atoms with Gasteiger partial charge >= 0.3 is 0 Å². The summed E-state index contributed by atoms with van der Waals surface area (Å²) in [6.07, 6.45) is 7.67. The maximum absolute atomic E-state index is 12.2. The molecule has 1 amide bonds. The maximum atomic E-state index is 12.2. The van der Waals surface area contributed by atoms with Crippen LogP contribution in [0.4, 0.5) is 0 Å². The van der Waals surface area contributed by atoms with Crippen LogP contribution in [-0.2, 0) is 9.53 Å². The Hall–Kier alpha value is -2.74. The Balaban J connectivity index is 1.20. The molecule has 0 atom stereocenters. The number of amides is 1. The number of hydrogen-bond donors (Lipinski definition) is 0. The lowest BCUT2D eigenvalue weighted by Gasteiger charge is -2.31. The molecule has 0 unspecified atom stereocenters. The molecule has 3 aromatic heterocycles. The molecule has 0 aromatic carbocycles. The summed E-state index contributed by atoms with van der Waals surface area (Å²) in [6.45, 7) is 3.02. The number of pyridine rings is 1. The normalized spacial score (nSPS) is 20.9. The Labute approximate surface area is 167 Å². The van der Waals surface area contributed by atoms with Gasteiger partial charge in [-0.05, 0) is 31.7 Å². The summed E-state index contributed by atoms with van der Waals surface area (Å²) < 4.78 is 13.0. The van der Waals surface area contributed by atoms with Crippen LogP contribution >= 0.6 is 0 Å². The van der Waals surface area contributed by atoms with Crippen molar-refractivity contribution in [1.82, 2.24) is 24.8 Å². The molecule has 2 saturated heterocycles. The van der Waals surface area contributed by atoms with Crippen molar-refractivity contribution < 1.29 is 14.1 Å². The number of nitrogens with zero attached hydrogens (tertiary/aromatic N) is 5. The van der Waals surface area contributed by atoms with E-state index in [0.29, 0.717) is 36.7 Å². The number of carbonyl (C=O) groups is 1. The van der Waals surface area contributed by atoms with Gasteiger partial charge in [0, 0.05) is 42.6 Å². The highest BCUT2D eigenvalue weighted by Gasteiger charge is 2.35. The molecule has 6 rings (SSSR count). The van der Waals surface area contributed by atoms with Crippen LogP contribution in [0, 0.1) is 5.92 Å². The number of rotatable bonds is 4. The summed E-state index contributed by atoms with van der Waals surface area (Å²) in [4.78, 5) is 18.8. The zero-order chi connectivity index (χ0) is 19.4. The summed E-state index contributed by atoms with van der Waals surface area (Å²) in [6, 6.07) is 4.31. The highest BCUT2D eigenvalue weighted by atomic mass is 16.5. The van der Waals surface area contributed by atoms with Gasteiger partial charge in [0.15, 0.2) is 5.76 Å². The van der Waals surface area contributed by atoms with Gasteiger partial charge in [0.2, 0.25) is 5.91 Å². The minimum absolute atomic E-state index is 0.288. The van der Waals surface area contributed by atoms with Gasteiger partial charge < -0.3 is 14.2 Å². The number of fused-ring (bicyclic) bond motifs is 1. The quantitative estimate of drug-likeness (QED) is 0.677. The van der Waals surface area contributed by atoms with Gasteiger partial charge in [-0.1, -0.05) is 5.16 Å². The fraction of sp³-hybridized carbons (Fsp3) is 0.524. The van der Waals surface area contributed by atoms with Gasteiger partial charge in [0.05, 0.1) is 36.7 Å². The van der Waals surface area contributed by atoms with Crippen LogP contribution < -0.4 is 0 Å². The predicted octanol–water partition coefficient (Wildman–Crippen LogP) is 2.77. The van der Waals surface area contributed by atoms with E-state index in [-0.39, 0.29) is 6.04 Å². The fourth-order valence-electron chi connectivity index (χ4n) is 4.32. The first-order valence-corrected chi connectivity index (χ1v) is 10.4. The first-order valence-electron chi connectivity index (χ1n) is 10.4. The number of piperidine rings is 1. The van der Waals surface area contributed by atoms with Gasteiger partial charge in [0.25, 0.3) is 0 Å². The van der Waals surface area contributed by atoms with E-state index in [2.05, 4.69) is 15.2 Å². The van der Waals surface area contributed by atoms with Crippen molar-refractivity contribution in [2.45, 2.75) is 37.6 Å². The van der Waals surface area contributed by atoms with E-state index >= 15 is 0 Å². The number of carbonyl (C=O) groups excluding carboxylic acids is 1. The smallest absolute Gasteiger partial charge is 0.225 e. The second kappa shape index (κ2) is 6.66. The van der Waals surface area contributed by atoms with Crippen LogP contribution in [0.1, 0.15) is 43.3 Å². The summed E-state index contributed by atoms with van der Waals surface area (Å²) >= 11 is 0. The number of likely N-dealkylation sites (tertiary alicyclic amines) is 1. The van der Waals surface area contributed by atoms with Crippen LogP contribution in [0.5, 0.6) is 0 Å². The molecule has 0 bridgehead atoms. The lowest BCUT2D eigenvalue weighted by Crippen LogP contribution is -2.38. The topological polar surface area (TPSA) is 86.3 Å². The average Bonchev–Trinajstić information content (AvgIpc) is 3.31. The molecular formula is C21H23N5O3. The van der Waals surface area contributed by atoms with Gasteiger partial charge in [-0.2, -0.15) is 5.10 Å². The molecule has 3 aromatic rings. The first kappa shape index (κ1) is 17.1. The number of hydrogen-bond acceptors (Lipinski definition) is 6.